The van der Waals surface area contributed by atoms with Gasteiger partial charge in [-0.25, -0.2) is 0 Å². The highest BCUT2D eigenvalue weighted by Gasteiger charge is 2.45. The average Bonchev–Trinajstić information content (AvgIpc) is 2.47. The number of fused-ring (bicyclic) bond motifs is 2. The molecule has 0 aromatic heterocycles. The zero-order valence-electron chi connectivity index (χ0n) is 16.2. The van der Waals surface area contributed by atoms with Crippen molar-refractivity contribution in [2.75, 3.05) is 20.3 Å². The second kappa shape index (κ2) is 9.79. The second-order valence-electron chi connectivity index (χ2n) is 8.95. The van der Waals surface area contributed by atoms with E-state index in [1.54, 1.807) is 7.11 Å². The summed E-state index contributed by atoms with van der Waals surface area (Å²) in [6, 6.07) is 0. The second-order valence-corrected chi connectivity index (χ2v) is 8.95. The monoisotopic (exact) mass is 337 g/mol. The summed E-state index contributed by atoms with van der Waals surface area (Å²) >= 11 is 0. The Morgan fingerprint density at radius 2 is 1.62 bits per heavy atom. The zero-order valence-corrected chi connectivity index (χ0v) is 16.2. The van der Waals surface area contributed by atoms with Crippen molar-refractivity contribution in [3.63, 3.8) is 0 Å². The summed E-state index contributed by atoms with van der Waals surface area (Å²) in [5.41, 5.74) is 0.310. The minimum atomic E-state index is 0.302. The third-order valence-electron chi connectivity index (χ3n) is 6.14. The molecular weight excluding hydrogens is 298 g/mol. The van der Waals surface area contributed by atoms with Crippen LogP contribution in [-0.2, 0) is 9.53 Å². The Labute approximate surface area is 149 Å². The van der Waals surface area contributed by atoms with Crippen LogP contribution in [0.2, 0.25) is 0 Å². The fraction of sp³-hybridized carbons (Fsp3) is 0.952. The van der Waals surface area contributed by atoms with Crippen molar-refractivity contribution in [1.29, 1.82) is 0 Å². The lowest BCUT2D eigenvalue weighted by Gasteiger charge is -2.49. The van der Waals surface area contributed by atoms with Gasteiger partial charge in [-0.1, -0.05) is 33.1 Å². The molecule has 0 heterocycles. The molecule has 2 bridgehead atoms. The van der Waals surface area contributed by atoms with Gasteiger partial charge in [-0.3, -0.25) is 4.79 Å². The first-order valence-electron chi connectivity index (χ1n) is 10.3. The predicted octanol–water partition coefficient (Wildman–Crippen LogP) is 4.94. The molecule has 24 heavy (non-hydrogen) atoms. The molecule has 140 valence electrons. The van der Waals surface area contributed by atoms with Gasteiger partial charge in [0.25, 0.3) is 0 Å². The lowest BCUT2D eigenvalue weighted by molar-refractivity contribution is -0.126. The smallest absolute Gasteiger partial charge is 0.220 e. The molecule has 0 saturated heterocycles. The van der Waals surface area contributed by atoms with E-state index in [0.717, 1.165) is 50.2 Å². The Kier molecular flexibility index (Phi) is 8.06. The molecule has 1 N–H and O–H groups in total. The van der Waals surface area contributed by atoms with Crippen LogP contribution < -0.4 is 5.32 Å². The molecule has 2 aliphatic carbocycles. The van der Waals surface area contributed by atoms with Gasteiger partial charge in [-0.15, -0.1) is 0 Å². The molecule has 2 rings (SSSR count). The average molecular weight is 338 g/mol. The van der Waals surface area contributed by atoms with E-state index in [0.29, 0.717) is 11.3 Å². The van der Waals surface area contributed by atoms with Crippen molar-refractivity contribution >= 4 is 5.91 Å². The number of methoxy groups -OCH3 is 1. The maximum absolute atomic E-state index is 12.5. The van der Waals surface area contributed by atoms with E-state index >= 15 is 0 Å². The minimum absolute atomic E-state index is 0.302. The number of carbonyl (C=O) groups is 1. The van der Waals surface area contributed by atoms with Crippen LogP contribution in [0.3, 0.4) is 0 Å². The summed E-state index contributed by atoms with van der Waals surface area (Å²) in [6.45, 7) is 6.50. The van der Waals surface area contributed by atoms with Crippen LogP contribution in [-0.4, -0.2) is 26.2 Å². The molecule has 2 unspecified atom stereocenters. The highest BCUT2D eigenvalue weighted by molar-refractivity contribution is 5.76. The quantitative estimate of drug-likeness (QED) is 0.573. The van der Waals surface area contributed by atoms with Crippen LogP contribution in [0.1, 0.15) is 84.5 Å². The number of amides is 1. The fourth-order valence-corrected chi connectivity index (χ4v) is 5.66. The maximum atomic E-state index is 12.5. The van der Waals surface area contributed by atoms with Crippen molar-refractivity contribution in [2.24, 2.45) is 23.2 Å². The van der Waals surface area contributed by atoms with Crippen molar-refractivity contribution in [2.45, 2.75) is 84.5 Å². The van der Waals surface area contributed by atoms with Crippen LogP contribution >= 0.6 is 0 Å². The number of unbranched alkanes of at least 4 members (excludes halogenated alkanes) is 4. The molecule has 2 saturated carbocycles. The normalized spacial score (nSPS) is 32.5. The van der Waals surface area contributed by atoms with Crippen molar-refractivity contribution < 1.29 is 9.53 Å². The van der Waals surface area contributed by atoms with E-state index in [-0.39, 0.29) is 0 Å². The van der Waals surface area contributed by atoms with Crippen LogP contribution in [0.15, 0.2) is 0 Å². The number of ether oxygens (including phenoxy) is 1. The molecule has 0 aliphatic heterocycles. The minimum Gasteiger partial charge on any atom is -0.385 e. The SMILES string of the molecule is COCCCCCCCNC(=O)CC12CC(C)CC(CC(C)C1)C2. The van der Waals surface area contributed by atoms with Crippen LogP contribution in [0.25, 0.3) is 0 Å². The highest BCUT2D eigenvalue weighted by Crippen LogP contribution is 2.54. The Balaban J connectivity index is 1.64. The number of hydrogen-bond donors (Lipinski definition) is 1. The first-order chi connectivity index (χ1) is 11.5. The number of carbonyl (C=O) groups excluding carboxylic acids is 1. The fourth-order valence-electron chi connectivity index (χ4n) is 5.66. The standard InChI is InChI=1S/C21H39NO2/c1-17-11-19-12-18(2)14-21(13-17,15-19)16-20(23)22-9-7-5-4-6-8-10-24-3/h17-19H,4-16H2,1-3H3,(H,22,23). The summed E-state index contributed by atoms with van der Waals surface area (Å²) in [6.07, 6.45) is 13.3. The van der Waals surface area contributed by atoms with Gasteiger partial charge < -0.3 is 10.1 Å². The zero-order chi connectivity index (χ0) is 17.4. The third-order valence-corrected chi connectivity index (χ3v) is 6.14. The Morgan fingerprint density at radius 1 is 1.00 bits per heavy atom. The number of rotatable bonds is 10. The predicted molar refractivity (Wildman–Crippen MR) is 99.9 cm³/mol. The highest BCUT2D eigenvalue weighted by atomic mass is 16.5. The summed E-state index contributed by atoms with van der Waals surface area (Å²) in [5, 5.41) is 3.20. The molecule has 3 heteroatoms. The molecule has 2 atom stereocenters. The van der Waals surface area contributed by atoms with E-state index in [2.05, 4.69) is 19.2 Å². The lowest BCUT2D eigenvalue weighted by Crippen LogP contribution is -2.42. The van der Waals surface area contributed by atoms with Gasteiger partial charge in [0.05, 0.1) is 0 Å². The molecule has 3 nitrogen and oxygen atoms in total. The summed E-state index contributed by atoms with van der Waals surface area (Å²) in [5.74, 6) is 2.78. The van der Waals surface area contributed by atoms with Crippen LogP contribution in [0.4, 0.5) is 0 Å². The van der Waals surface area contributed by atoms with Gasteiger partial charge in [-0.2, -0.15) is 0 Å². The van der Waals surface area contributed by atoms with E-state index in [9.17, 15) is 4.79 Å². The largest absolute Gasteiger partial charge is 0.385 e. The van der Waals surface area contributed by atoms with Crippen LogP contribution in [0.5, 0.6) is 0 Å². The summed E-state index contributed by atoms with van der Waals surface area (Å²) < 4.78 is 5.06. The summed E-state index contributed by atoms with van der Waals surface area (Å²) in [7, 11) is 1.76. The van der Waals surface area contributed by atoms with Gasteiger partial charge in [0.15, 0.2) is 0 Å². The topological polar surface area (TPSA) is 38.3 Å². The molecule has 1 amide bonds. The lowest BCUT2D eigenvalue weighted by atomic mass is 9.55. The van der Waals surface area contributed by atoms with E-state index in [1.165, 1.54) is 51.4 Å². The molecule has 2 aliphatic rings. The van der Waals surface area contributed by atoms with Gasteiger partial charge in [-0.05, 0) is 68.1 Å². The Morgan fingerprint density at radius 3 is 2.29 bits per heavy atom. The van der Waals surface area contributed by atoms with E-state index in [4.69, 9.17) is 4.74 Å². The van der Waals surface area contributed by atoms with Crippen molar-refractivity contribution in [3.8, 4) is 0 Å². The summed E-state index contributed by atoms with van der Waals surface area (Å²) in [4.78, 5) is 12.5. The first-order valence-corrected chi connectivity index (χ1v) is 10.3. The number of hydrogen-bond acceptors (Lipinski definition) is 2. The molecule has 0 aromatic carbocycles. The Hall–Kier alpha value is -0.570. The molecular formula is C21H39NO2. The van der Waals surface area contributed by atoms with Crippen LogP contribution in [0, 0.1) is 23.2 Å². The van der Waals surface area contributed by atoms with E-state index < -0.39 is 0 Å². The van der Waals surface area contributed by atoms with Crippen molar-refractivity contribution in [1.82, 2.24) is 5.32 Å². The molecule has 0 spiro atoms. The van der Waals surface area contributed by atoms with Gasteiger partial charge in [0.1, 0.15) is 0 Å². The maximum Gasteiger partial charge on any atom is 0.220 e. The van der Waals surface area contributed by atoms with Gasteiger partial charge in [0.2, 0.25) is 5.91 Å². The number of nitrogens with one attached hydrogen (secondary N) is 1. The first kappa shape index (κ1) is 19.8. The van der Waals surface area contributed by atoms with Crippen molar-refractivity contribution in [3.05, 3.63) is 0 Å². The Bertz CT molecular complexity index is 363. The van der Waals surface area contributed by atoms with E-state index in [1.807, 2.05) is 0 Å². The third kappa shape index (κ3) is 6.38. The molecule has 2 fully saturated rings. The van der Waals surface area contributed by atoms with Gasteiger partial charge in [0, 0.05) is 26.7 Å². The molecule has 0 radical (unpaired) electrons. The van der Waals surface area contributed by atoms with Gasteiger partial charge >= 0.3 is 0 Å². The molecule has 0 aromatic rings.